The highest BCUT2D eigenvalue weighted by molar-refractivity contribution is 4.91. The summed E-state index contributed by atoms with van der Waals surface area (Å²) in [6.45, 7) is 0. The molecule has 0 N–H and O–H groups in total. The lowest BCUT2D eigenvalue weighted by molar-refractivity contribution is 0.145. The molecule has 0 atom stereocenters. The number of alkyl halides is 2. The molecule has 0 aromatic carbocycles. The van der Waals surface area contributed by atoms with Gasteiger partial charge in [0.2, 0.25) is 6.33 Å². The molecular formula is C4H2F2N3. The Hall–Kier alpha value is -1.13. The maximum atomic E-state index is 11.6. The van der Waals surface area contributed by atoms with E-state index in [1.165, 1.54) is 0 Å². The van der Waals surface area contributed by atoms with Gasteiger partial charge in [-0.1, -0.05) is 0 Å². The van der Waals surface area contributed by atoms with Gasteiger partial charge in [-0.05, 0) is 0 Å². The molecule has 0 spiro atoms. The number of hydrogen-bond donors (Lipinski definition) is 0. The number of nitrogens with zero attached hydrogens (tertiary/aromatic N) is 3. The molecule has 0 bridgehead atoms. The second kappa shape index (κ2) is 2.43. The van der Waals surface area contributed by atoms with Crippen molar-refractivity contribution in [3.05, 3.63) is 18.2 Å². The van der Waals surface area contributed by atoms with Crippen molar-refractivity contribution >= 4 is 0 Å². The van der Waals surface area contributed by atoms with Crippen LogP contribution in [0.15, 0.2) is 6.20 Å². The molecule has 9 heavy (non-hydrogen) atoms. The number of halogens is 2. The Kier molecular flexibility index (Phi) is 1.62. The fourth-order valence-electron chi connectivity index (χ4n) is 0.328. The minimum atomic E-state index is -2.59. The highest BCUT2D eigenvalue weighted by atomic mass is 19.3. The molecule has 0 aliphatic carbocycles. The Morgan fingerprint density at radius 2 is 2.33 bits per heavy atom. The summed E-state index contributed by atoms with van der Waals surface area (Å²) in [4.78, 5) is 3.13. The van der Waals surface area contributed by atoms with Gasteiger partial charge < -0.3 is 0 Å². The van der Waals surface area contributed by atoms with Gasteiger partial charge in [-0.15, -0.1) is 5.10 Å². The first-order valence-corrected chi connectivity index (χ1v) is 2.14. The minimum absolute atomic E-state index is 0.398. The van der Waals surface area contributed by atoms with Gasteiger partial charge in [0.25, 0.3) is 6.43 Å². The van der Waals surface area contributed by atoms with Crippen molar-refractivity contribution in [1.82, 2.24) is 15.2 Å². The maximum absolute atomic E-state index is 11.6. The number of aromatic nitrogens is 3. The fourth-order valence-corrected chi connectivity index (χ4v) is 0.328. The zero-order valence-corrected chi connectivity index (χ0v) is 4.25. The SMILES string of the molecule is FC(F)c1cnn[c]n1. The van der Waals surface area contributed by atoms with E-state index in [-0.39, 0.29) is 0 Å². The van der Waals surface area contributed by atoms with Crippen LogP contribution in [0.3, 0.4) is 0 Å². The molecule has 1 aromatic rings. The van der Waals surface area contributed by atoms with Crippen LogP contribution in [0.25, 0.3) is 0 Å². The molecule has 0 fully saturated rings. The monoisotopic (exact) mass is 130 g/mol. The Balaban J connectivity index is 2.85. The summed E-state index contributed by atoms with van der Waals surface area (Å²) in [6.07, 6.45) is 0.269. The Morgan fingerprint density at radius 1 is 1.56 bits per heavy atom. The van der Waals surface area contributed by atoms with Crippen LogP contribution in [0.1, 0.15) is 12.1 Å². The lowest BCUT2D eigenvalue weighted by Gasteiger charge is -1.91. The molecule has 1 radical (unpaired) electrons. The van der Waals surface area contributed by atoms with Crippen molar-refractivity contribution in [2.45, 2.75) is 6.43 Å². The summed E-state index contributed by atoms with van der Waals surface area (Å²) < 4.78 is 23.2. The van der Waals surface area contributed by atoms with Crippen LogP contribution < -0.4 is 0 Å². The summed E-state index contributed by atoms with van der Waals surface area (Å²) in [6, 6.07) is 0. The summed E-state index contributed by atoms with van der Waals surface area (Å²) in [7, 11) is 0. The molecule has 1 aromatic heterocycles. The van der Waals surface area contributed by atoms with Gasteiger partial charge in [-0.25, -0.2) is 13.8 Å². The van der Waals surface area contributed by atoms with Gasteiger partial charge in [0.1, 0.15) is 5.69 Å². The Morgan fingerprint density at radius 3 is 2.67 bits per heavy atom. The second-order valence-corrected chi connectivity index (χ2v) is 1.28. The quantitative estimate of drug-likeness (QED) is 0.559. The third-order valence-electron chi connectivity index (χ3n) is 0.695. The topological polar surface area (TPSA) is 38.7 Å². The van der Waals surface area contributed by atoms with E-state index < -0.39 is 12.1 Å². The molecule has 1 heterocycles. The molecule has 0 saturated carbocycles. The van der Waals surface area contributed by atoms with Crippen molar-refractivity contribution in [1.29, 1.82) is 0 Å². The summed E-state index contributed by atoms with van der Waals surface area (Å²) >= 11 is 0. The normalized spacial score (nSPS) is 10.1. The van der Waals surface area contributed by atoms with Crippen molar-refractivity contribution in [3.63, 3.8) is 0 Å². The van der Waals surface area contributed by atoms with Crippen LogP contribution in [-0.4, -0.2) is 15.2 Å². The number of hydrogen-bond acceptors (Lipinski definition) is 3. The van der Waals surface area contributed by atoms with E-state index >= 15 is 0 Å². The van der Waals surface area contributed by atoms with E-state index in [0.29, 0.717) is 0 Å². The van der Waals surface area contributed by atoms with Crippen LogP contribution in [0.4, 0.5) is 8.78 Å². The first-order valence-electron chi connectivity index (χ1n) is 2.14. The van der Waals surface area contributed by atoms with Gasteiger partial charge >= 0.3 is 0 Å². The standard InChI is InChI=1S/C4H2F2N3/c5-4(6)3-1-8-9-2-7-3/h1,4H. The lowest BCUT2D eigenvalue weighted by Crippen LogP contribution is -1.92. The van der Waals surface area contributed by atoms with E-state index in [4.69, 9.17) is 0 Å². The van der Waals surface area contributed by atoms with Gasteiger partial charge in [-0.2, -0.15) is 5.10 Å². The Labute approximate surface area is 49.8 Å². The van der Waals surface area contributed by atoms with Crippen LogP contribution in [0, 0.1) is 6.33 Å². The third-order valence-corrected chi connectivity index (χ3v) is 0.695. The fraction of sp³-hybridized carbons (Fsp3) is 0.250. The van der Waals surface area contributed by atoms with E-state index in [9.17, 15) is 8.78 Å². The van der Waals surface area contributed by atoms with Crippen molar-refractivity contribution in [2.24, 2.45) is 0 Å². The van der Waals surface area contributed by atoms with Crippen molar-refractivity contribution in [2.75, 3.05) is 0 Å². The molecule has 0 saturated heterocycles. The number of rotatable bonds is 1. The van der Waals surface area contributed by atoms with Gasteiger partial charge in [0.15, 0.2) is 0 Å². The highest BCUT2D eigenvalue weighted by Crippen LogP contribution is 2.12. The average Bonchev–Trinajstić information content (AvgIpc) is 1.90. The molecular weight excluding hydrogens is 128 g/mol. The predicted octanol–water partition coefficient (Wildman–Crippen LogP) is 0.609. The van der Waals surface area contributed by atoms with Crippen molar-refractivity contribution < 1.29 is 8.78 Å². The van der Waals surface area contributed by atoms with E-state index in [0.717, 1.165) is 6.20 Å². The van der Waals surface area contributed by atoms with Crippen LogP contribution in [0.5, 0.6) is 0 Å². The van der Waals surface area contributed by atoms with Crippen molar-refractivity contribution in [3.8, 4) is 0 Å². The van der Waals surface area contributed by atoms with E-state index in [1.54, 1.807) is 0 Å². The molecule has 5 heteroatoms. The zero-order valence-electron chi connectivity index (χ0n) is 4.25. The van der Waals surface area contributed by atoms with Gasteiger partial charge in [-0.3, -0.25) is 0 Å². The largest absolute Gasteiger partial charge is 0.282 e. The molecule has 0 aliphatic heterocycles. The first kappa shape index (κ1) is 6.00. The lowest BCUT2D eigenvalue weighted by atomic mass is 10.5. The summed E-state index contributed by atoms with van der Waals surface area (Å²) in [5, 5.41) is 6.27. The highest BCUT2D eigenvalue weighted by Gasteiger charge is 2.06. The van der Waals surface area contributed by atoms with E-state index in [1.807, 2.05) is 6.33 Å². The van der Waals surface area contributed by atoms with Crippen LogP contribution in [0.2, 0.25) is 0 Å². The van der Waals surface area contributed by atoms with Crippen LogP contribution in [-0.2, 0) is 0 Å². The molecule has 1 rings (SSSR count). The smallest absolute Gasteiger partial charge is 0.221 e. The predicted molar refractivity (Wildman–Crippen MR) is 23.6 cm³/mol. The molecule has 3 nitrogen and oxygen atoms in total. The average molecular weight is 130 g/mol. The summed E-state index contributed by atoms with van der Waals surface area (Å²) in [5.41, 5.74) is -0.398. The molecule has 0 amide bonds. The second-order valence-electron chi connectivity index (χ2n) is 1.28. The maximum Gasteiger partial charge on any atom is 0.282 e. The van der Waals surface area contributed by atoms with Gasteiger partial charge in [0.05, 0.1) is 6.20 Å². The summed E-state index contributed by atoms with van der Waals surface area (Å²) in [5.74, 6) is 0. The van der Waals surface area contributed by atoms with E-state index in [2.05, 4.69) is 15.2 Å². The third kappa shape index (κ3) is 1.38. The Bertz CT molecular complexity index is 176. The molecule has 0 unspecified atom stereocenters. The zero-order chi connectivity index (χ0) is 6.69. The van der Waals surface area contributed by atoms with Gasteiger partial charge in [0, 0.05) is 0 Å². The van der Waals surface area contributed by atoms with Crippen LogP contribution >= 0.6 is 0 Å². The molecule has 47 valence electrons. The first-order chi connectivity index (χ1) is 4.30. The minimum Gasteiger partial charge on any atom is -0.221 e. The molecule has 0 aliphatic rings.